The van der Waals surface area contributed by atoms with E-state index in [2.05, 4.69) is 10.1 Å². The van der Waals surface area contributed by atoms with Crippen LogP contribution in [-0.2, 0) is 0 Å². The number of nitrogens with two attached hydrogens (primary N) is 1. The van der Waals surface area contributed by atoms with Crippen molar-refractivity contribution in [3.05, 3.63) is 48.7 Å². The van der Waals surface area contributed by atoms with Crippen LogP contribution in [0.5, 0.6) is 0 Å². The van der Waals surface area contributed by atoms with Crippen molar-refractivity contribution < 1.29 is 0 Å². The third kappa shape index (κ3) is 1.24. The van der Waals surface area contributed by atoms with Crippen LogP contribution in [0.25, 0.3) is 16.7 Å². The van der Waals surface area contributed by atoms with Gasteiger partial charge < -0.3 is 5.73 Å². The first-order valence-corrected chi connectivity index (χ1v) is 5.01. The molecule has 4 nitrogen and oxygen atoms in total. The third-order valence-electron chi connectivity index (χ3n) is 2.47. The molecule has 2 heterocycles. The molecule has 0 aliphatic carbocycles. The number of benzene rings is 1. The minimum atomic E-state index is 0.506. The van der Waals surface area contributed by atoms with Crippen LogP contribution in [0.3, 0.4) is 0 Å². The van der Waals surface area contributed by atoms with E-state index in [0.29, 0.717) is 5.82 Å². The molecule has 0 spiro atoms. The van der Waals surface area contributed by atoms with E-state index in [-0.39, 0.29) is 0 Å². The summed E-state index contributed by atoms with van der Waals surface area (Å²) in [6.07, 6.45) is 1.74. The first-order chi connectivity index (χ1) is 7.86. The van der Waals surface area contributed by atoms with Crippen LogP contribution in [0.15, 0.2) is 48.7 Å². The van der Waals surface area contributed by atoms with Crippen molar-refractivity contribution in [2.45, 2.75) is 0 Å². The number of hydrogen-bond donors (Lipinski definition) is 1. The van der Waals surface area contributed by atoms with Crippen molar-refractivity contribution in [3.63, 3.8) is 0 Å². The van der Waals surface area contributed by atoms with E-state index < -0.39 is 0 Å². The van der Waals surface area contributed by atoms with Gasteiger partial charge in [0.15, 0.2) is 11.5 Å². The lowest BCUT2D eigenvalue weighted by Gasteiger charge is -2.00. The predicted octanol–water partition coefficient (Wildman–Crippen LogP) is 2.00. The Hall–Kier alpha value is -2.36. The van der Waals surface area contributed by atoms with E-state index in [4.69, 9.17) is 5.73 Å². The van der Waals surface area contributed by atoms with Crippen LogP contribution in [0.4, 0.5) is 5.82 Å². The van der Waals surface area contributed by atoms with Crippen LogP contribution in [0.1, 0.15) is 0 Å². The van der Waals surface area contributed by atoms with Gasteiger partial charge in [-0.25, -0.2) is 9.67 Å². The quantitative estimate of drug-likeness (QED) is 0.668. The predicted molar refractivity (Wildman–Crippen MR) is 63.3 cm³/mol. The van der Waals surface area contributed by atoms with E-state index in [1.54, 1.807) is 10.9 Å². The van der Waals surface area contributed by atoms with Crippen molar-refractivity contribution in [2.75, 3.05) is 5.73 Å². The second kappa shape index (κ2) is 3.34. The molecule has 3 rings (SSSR count). The molecule has 2 aromatic heterocycles. The normalized spacial score (nSPS) is 10.8. The maximum Gasteiger partial charge on any atom is 0.165 e. The average Bonchev–Trinajstić information content (AvgIpc) is 2.69. The van der Waals surface area contributed by atoms with E-state index in [9.17, 15) is 0 Å². The fourth-order valence-electron chi connectivity index (χ4n) is 1.72. The maximum absolute atomic E-state index is 5.84. The molecule has 0 radical (unpaired) electrons. The number of aromatic nitrogens is 3. The van der Waals surface area contributed by atoms with E-state index in [1.807, 2.05) is 42.5 Å². The molecule has 2 N–H and O–H groups in total. The van der Waals surface area contributed by atoms with Crippen LogP contribution in [0.2, 0.25) is 0 Å². The van der Waals surface area contributed by atoms with Crippen LogP contribution in [-0.4, -0.2) is 14.8 Å². The minimum absolute atomic E-state index is 0.506. The monoisotopic (exact) mass is 210 g/mol. The van der Waals surface area contributed by atoms with Gasteiger partial charge in [-0.05, 0) is 24.3 Å². The van der Waals surface area contributed by atoms with E-state index in [0.717, 1.165) is 16.7 Å². The van der Waals surface area contributed by atoms with Gasteiger partial charge in [-0.1, -0.05) is 18.2 Å². The van der Waals surface area contributed by atoms with Crippen molar-refractivity contribution in [2.24, 2.45) is 0 Å². The summed E-state index contributed by atoms with van der Waals surface area (Å²) < 4.78 is 1.75. The summed E-state index contributed by atoms with van der Waals surface area (Å²) >= 11 is 0. The van der Waals surface area contributed by atoms with Gasteiger partial charge in [-0.15, -0.1) is 5.10 Å². The highest BCUT2D eigenvalue weighted by atomic mass is 15.3. The fourth-order valence-corrected chi connectivity index (χ4v) is 1.72. The molecule has 16 heavy (non-hydrogen) atoms. The van der Waals surface area contributed by atoms with Gasteiger partial charge in [0.25, 0.3) is 0 Å². The maximum atomic E-state index is 5.84. The molecule has 0 atom stereocenters. The Labute approximate surface area is 92.3 Å². The topological polar surface area (TPSA) is 56.7 Å². The molecule has 0 saturated carbocycles. The van der Waals surface area contributed by atoms with Crippen molar-refractivity contribution in [1.82, 2.24) is 14.8 Å². The Bertz CT molecular complexity index is 628. The van der Waals surface area contributed by atoms with E-state index in [1.165, 1.54) is 0 Å². The van der Waals surface area contributed by atoms with Gasteiger partial charge in [0.2, 0.25) is 0 Å². The molecule has 0 saturated heterocycles. The van der Waals surface area contributed by atoms with Crippen LogP contribution >= 0.6 is 0 Å². The lowest BCUT2D eigenvalue weighted by molar-refractivity contribution is 0.903. The molecule has 78 valence electrons. The number of para-hydroxylation sites is 1. The van der Waals surface area contributed by atoms with Gasteiger partial charge >= 0.3 is 0 Å². The largest absolute Gasteiger partial charge is 0.382 e. The number of nitrogen functional groups attached to an aromatic ring is 1. The second-order valence-corrected chi connectivity index (χ2v) is 3.51. The number of rotatable bonds is 1. The van der Waals surface area contributed by atoms with Crippen molar-refractivity contribution >= 4 is 16.9 Å². The van der Waals surface area contributed by atoms with Crippen LogP contribution < -0.4 is 5.73 Å². The molecular weight excluding hydrogens is 200 g/mol. The number of hydrogen-bond acceptors (Lipinski definition) is 3. The Morgan fingerprint density at radius 2 is 1.81 bits per heavy atom. The highest BCUT2D eigenvalue weighted by Crippen LogP contribution is 2.20. The SMILES string of the molecule is Nc1nn(-c2ccccc2)c2ncccc12. The lowest BCUT2D eigenvalue weighted by atomic mass is 10.3. The fraction of sp³-hybridized carbons (Fsp3) is 0. The van der Waals surface area contributed by atoms with Crippen LogP contribution in [0, 0.1) is 0 Å². The Morgan fingerprint density at radius 3 is 2.62 bits per heavy atom. The molecule has 0 amide bonds. The highest BCUT2D eigenvalue weighted by Gasteiger charge is 2.09. The molecule has 3 aromatic rings. The lowest BCUT2D eigenvalue weighted by Crippen LogP contribution is -1.97. The standard InChI is InChI=1S/C12H10N4/c13-11-10-7-4-8-14-12(10)16(15-11)9-5-2-1-3-6-9/h1-8H,(H2,13,15). The second-order valence-electron chi connectivity index (χ2n) is 3.51. The summed E-state index contributed by atoms with van der Waals surface area (Å²) in [4.78, 5) is 4.30. The van der Waals surface area contributed by atoms with Gasteiger partial charge in [0.05, 0.1) is 11.1 Å². The Morgan fingerprint density at radius 1 is 1.00 bits per heavy atom. The van der Waals surface area contributed by atoms with E-state index >= 15 is 0 Å². The number of anilines is 1. The average molecular weight is 210 g/mol. The summed E-state index contributed by atoms with van der Waals surface area (Å²) in [7, 11) is 0. The smallest absolute Gasteiger partial charge is 0.165 e. The van der Waals surface area contributed by atoms with Gasteiger partial charge in [-0.2, -0.15) is 0 Å². The van der Waals surface area contributed by atoms with Crippen molar-refractivity contribution in [1.29, 1.82) is 0 Å². The Kier molecular flexibility index (Phi) is 1.86. The summed E-state index contributed by atoms with van der Waals surface area (Å²) in [5.74, 6) is 0.506. The first kappa shape index (κ1) is 8.91. The molecule has 0 fully saturated rings. The van der Waals surface area contributed by atoms with Gasteiger partial charge in [-0.3, -0.25) is 0 Å². The zero-order chi connectivity index (χ0) is 11.0. The van der Waals surface area contributed by atoms with Gasteiger partial charge in [0, 0.05) is 6.20 Å². The summed E-state index contributed by atoms with van der Waals surface area (Å²) in [5.41, 5.74) is 7.59. The minimum Gasteiger partial charge on any atom is -0.382 e. The molecule has 0 unspecified atom stereocenters. The zero-order valence-corrected chi connectivity index (χ0v) is 8.54. The Balaban J connectivity index is 2.33. The van der Waals surface area contributed by atoms with Gasteiger partial charge in [0.1, 0.15) is 0 Å². The molecule has 0 bridgehead atoms. The first-order valence-electron chi connectivity index (χ1n) is 5.01. The zero-order valence-electron chi connectivity index (χ0n) is 8.54. The molecule has 1 aromatic carbocycles. The number of fused-ring (bicyclic) bond motifs is 1. The highest BCUT2D eigenvalue weighted by molar-refractivity contribution is 5.87. The summed E-state index contributed by atoms with van der Waals surface area (Å²) in [6, 6.07) is 13.6. The molecule has 0 aliphatic heterocycles. The summed E-state index contributed by atoms with van der Waals surface area (Å²) in [5, 5.41) is 5.17. The molecule has 4 heteroatoms. The number of pyridine rings is 1. The summed E-state index contributed by atoms with van der Waals surface area (Å²) in [6.45, 7) is 0. The molecular formula is C12H10N4. The molecule has 0 aliphatic rings. The van der Waals surface area contributed by atoms with Crippen molar-refractivity contribution in [3.8, 4) is 5.69 Å². The third-order valence-corrected chi connectivity index (χ3v) is 2.47. The number of nitrogens with zero attached hydrogens (tertiary/aromatic N) is 3.